The summed E-state index contributed by atoms with van der Waals surface area (Å²) in [7, 11) is 0. The number of benzene rings is 1. The Hall–Kier alpha value is -1.66. The van der Waals surface area contributed by atoms with Crippen LogP contribution in [0, 0.1) is 0 Å². The summed E-state index contributed by atoms with van der Waals surface area (Å²) in [5.41, 5.74) is 1.03. The molecule has 5 nitrogen and oxygen atoms in total. The SMILES string of the molecule is CCCCN(CCCC)CCCN1C(=O)C(O)=C(C(C)=O)[C@H]1c1cccc(Br)c1. The predicted molar refractivity (Wildman–Crippen MR) is 120 cm³/mol. The lowest BCUT2D eigenvalue weighted by molar-refractivity contribution is -0.129. The van der Waals surface area contributed by atoms with E-state index in [0.717, 1.165) is 48.9 Å². The van der Waals surface area contributed by atoms with Crippen LogP contribution in [0.1, 0.15) is 64.5 Å². The number of Topliss-reactive ketones (excluding diaryl/α,β-unsaturated/α-hetero) is 1. The molecule has 0 radical (unpaired) electrons. The van der Waals surface area contributed by atoms with Crippen molar-refractivity contribution in [3.63, 3.8) is 0 Å². The molecule has 0 bridgehead atoms. The second-order valence-electron chi connectivity index (χ2n) is 7.68. The molecular weight excluding hydrogens is 432 g/mol. The van der Waals surface area contributed by atoms with Gasteiger partial charge in [-0.25, -0.2) is 0 Å². The molecule has 1 aliphatic rings. The molecule has 0 saturated heterocycles. The van der Waals surface area contributed by atoms with E-state index in [4.69, 9.17) is 0 Å². The summed E-state index contributed by atoms with van der Waals surface area (Å²) in [5.74, 6) is -1.12. The largest absolute Gasteiger partial charge is 0.503 e. The molecule has 29 heavy (non-hydrogen) atoms. The molecule has 1 aromatic carbocycles. The van der Waals surface area contributed by atoms with Crippen molar-refractivity contribution in [2.24, 2.45) is 0 Å². The summed E-state index contributed by atoms with van der Waals surface area (Å²) < 4.78 is 0.877. The third kappa shape index (κ3) is 6.16. The lowest BCUT2D eigenvalue weighted by Gasteiger charge is -2.28. The first kappa shape index (κ1) is 23.6. The summed E-state index contributed by atoms with van der Waals surface area (Å²) in [4.78, 5) is 29.1. The van der Waals surface area contributed by atoms with E-state index in [1.165, 1.54) is 19.8 Å². The minimum Gasteiger partial charge on any atom is -0.503 e. The maximum Gasteiger partial charge on any atom is 0.290 e. The van der Waals surface area contributed by atoms with Crippen LogP contribution in [0.3, 0.4) is 0 Å². The van der Waals surface area contributed by atoms with Crippen LogP contribution in [-0.4, -0.2) is 52.8 Å². The zero-order chi connectivity index (χ0) is 21.4. The Bertz CT molecular complexity index is 739. The summed E-state index contributed by atoms with van der Waals surface area (Å²) in [6.45, 7) is 9.35. The molecule has 1 aromatic rings. The van der Waals surface area contributed by atoms with Crippen molar-refractivity contribution < 1.29 is 14.7 Å². The number of hydrogen-bond acceptors (Lipinski definition) is 4. The van der Waals surface area contributed by atoms with Gasteiger partial charge in [0, 0.05) is 11.0 Å². The number of hydrogen-bond donors (Lipinski definition) is 1. The van der Waals surface area contributed by atoms with Crippen LogP contribution in [0.25, 0.3) is 0 Å². The van der Waals surface area contributed by atoms with Gasteiger partial charge in [-0.05, 0) is 63.5 Å². The average Bonchev–Trinajstić information content (AvgIpc) is 2.94. The Balaban J connectivity index is 2.15. The van der Waals surface area contributed by atoms with Gasteiger partial charge in [-0.3, -0.25) is 9.59 Å². The second-order valence-corrected chi connectivity index (χ2v) is 8.59. The number of ketones is 1. The van der Waals surface area contributed by atoms with Gasteiger partial charge in [0.2, 0.25) is 0 Å². The number of unbranched alkanes of at least 4 members (excludes halogenated alkanes) is 2. The summed E-state index contributed by atoms with van der Waals surface area (Å²) in [6, 6.07) is 7.05. The van der Waals surface area contributed by atoms with Crippen molar-refractivity contribution in [1.29, 1.82) is 0 Å². The maximum atomic E-state index is 12.7. The molecule has 6 heteroatoms. The number of nitrogens with zero attached hydrogens (tertiary/aromatic N) is 2. The minimum atomic E-state index is -0.530. The van der Waals surface area contributed by atoms with Gasteiger partial charge in [0.25, 0.3) is 5.91 Å². The van der Waals surface area contributed by atoms with Crippen molar-refractivity contribution in [3.8, 4) is 0 Å². The van der Waals surface area contributed by atoms with Crippen LogP contribution in [-0.2, 0) is 9.59 Å². The molecule has 0 aromatic heterocycles. The molecule has 1 aliphatic heterocycles. The van der Waals surface area contributed by atoms with Crippen molar-refractivity contribution in [2.45, 2.75) is 58.9 Å². The lowest BCUT2D eigenvalue weighted by atomic mass is 9.97. The highest BCUT2D eigenvalue weighted by Gasteiger charge is 2.42. The topological polar surface area (TPSA) is 60.9 Å². The molecule has 160 valence electrons. The van der Waals surface area contributed by atoms with E-state index >= 15 is 0 Å². The monoisotopic (exact) mass is 464 g/mol. The van der Waals surface area contributed by atoms with Crippen molar-refractivity contribution >= 4 is 27.6 Å². The zero-order valence-electron chi connectivity index (χ0n) is 17.8. The number of amides is 1. The number of carbonyl (C=O) groups is 2. The Morgan fingerprint density at radius 3 is 2.31 bits per heavy atom. The minimum absolute atomic E-state index is 0.196. The first-order valence-electron chi connectivity index (χ1n) is 10.6. The fraction of sp³-hybridized carbons (Fsp3) is 0.565. The molecule has 0 unspecified atom stereocenters. The van der Waals surface area contributed by atoms with Gasteiger partial charge >= 0.3 is 0 Å². The molecule has 0 aliphatic carbocycles. The van der Waals surface area contributed by atoms with Gasteiger partial charge in [-0.2, -0.15) is 0 Å². The molecule has 0 fully saturated rings. The standard InChI is InChI=1S/C23H33BrN2O3/c1-4-6-12-25(13-7-5-2)14-9-15-26-21(18-10-8-11-19(24)16-18)20(17(3)27)22(28)23(26)29/h8,10-11,16,21,28H,4-7,9,12-15H2,1-3H3/t21-/m1/s1. The zero-order valence-corrected chi connectivity index (χ0v) is 19.4. The van der Waals surface area contributed by atoms with E-state index in [-0.39, 0.29) is 11.4 Å². The molecule has 0 spiro atoms. The first-order chi connectivity index (χ1) is 13.9. The summed E-state index contributed by atoms with van der Waals surface area (Å²) >= 11 is 3.46. The number of carbonyl (C=O) groups excluding carboxylic acids is 2. The lowest BCUT2D eigenvalue weighted by Crippen LogP contribution is -2.35. The molecule has 1 heterocycles. The Kier molecular flexibility index (Phi) is 9.37. The Morgan fingerprint density at radius 2 is 1.76 bits per heavy atom. The van der Waals surface area contributed by atoms with Gasteiger partial charge in [0.05, 0.1) is 11.6 Å². The fourth-order valence-electron chi connectivity index (χ4n) is 3.83. The third-order valence-corrected chi connectivity index (χ3v) is 5.87. The average molecular weight is 465 g/mol. The third-order valence-electron chi connectivity index (χ3n) is 5.38. The fourth-order valence-corrected chi connectivity index (χ4v) is 4.25. The number of halogens is 1. The van der Waals surface area contributed by atoms with Crippen LogP contribution in [0.4, 0.5) is 0 Å². The Labute approximate surface area is 182 Å². The van der Waals surface area contributed by atoms with Gasteiger partial charge in [0.1, 0.15) is 0 Å². The predicted octanol–water partition coefficient (Wildman–Crippen LogP) is 5.03. The van der Waals surface area contributed by atoms with E-state index in [1.54, 1.807) is 4.90 Å². The quantitative estimate of drug-likeness (QED) is 0.471. The highest BCUT2D eigenvalue weighted by Crippen LogP contribution is 2.38. The van der Waals surface area contributed by atoms with Crippen molar-refractivity contribution in [1.82, 2.24) is 9.80 Å². The molecule has 2 rings (SSSR count). The maximum absolute atomic E-state index is 12.7. The van der Waals surface area contributed by atoms with Crippen LogP contribution >= 0.6 is 15.9 Å². The van der Waals surface area contributed by atoms with Gasteiger partial charge in [-0.15, -0.1) is 0 Å². The van der Waals surface area contributed by atoms with Crippen LogP contribution in [0.2, 0.25) is 0 Å². The molecular formula is C23H33BrN2O3. The van der Waals surface area contributed by atoms with Crippen LogP contribution in [0.15, 0.2) is 40.1 Å². The van der Waals surface area contributed by atoms with E-state index in [2.05, 4.69) is 34.7 Å². The normalized spacial score (nSPS) is 16.9. The van der Waals surface area contributed by atoms with Crippen molar-refractivity contribution in [2.75, 3.05) is 26.2 Å². The van der Waals surface area contributed by atoms with Crippen LogP contribution < -0.4 is 0 Å². The van der Waals surface area contributed by atoms with Gasteiger partial charge < -0.3 is 14.9 Å². The van der Waals surface area contributed by atoms with Gasteiger partial charge in [0.15, 0.2) is 11.5 Å². The smallest absolute Gasteiger partial charge is 0.290 e. The van der Waals surface area contributed by atoms with E-state index in [1.807, 2.05) is 24.3 Å². The van der Waals surface area contributed by atoms with Crippen LogP contribution in [0.5, 0.6) is 0 Å². The summed E-state index contributed by atoms with van der Waals surface area (Å²) in [6.07, 6.45) is 5.48. The second kappa shape index (κ2) is 11.5. The number of aliphatic hydroxyl groups excluding tert-OH is 1. The van der Waals surface area contributed by atoms with E-state index < -0.39 is 17.7 Å². The van der Waals surface area contributed by atoms with Gasteiger partial charge in [-0.1, -0.05) is 54.8 Å². The molecule has 0 saturated carbocycles. The highest BCUT2D eigenvalue weighted by molar-refractivity contribution is 9.10. The molecule has 1 atom stereocenters. The molecule has 1 N–H and O–H groups in total. The highest BCUT2D eigenvalue weighted by atomic mass is 79.9. The molecule has 1 amide bonds. The first-order valence-corrected chi connectivity index (χ1v) is 11.4. The number of aliphatic hydroxyl groups is 1. The summed E-state index contributed by atoms with van der Waals surface area (Å²) in [5, 5.41) is 10.4. The number of rotatable bonds is 12. The van der Waals surface area contributed by atoms with Crippen molar-refractivity contribution in [3.05, 3.63) is 45.6 Å². The van der Waals surface area contributed by atoms with E-state index in [9.17, 15) is 14.7 Å². The Morgan fingerprint density at radius 1 is 1.14 bits per heavy atom. The van der Waals surface area contributed by atoms with E-state index in [0.29, 0.717) is 6.54 Å².